The van der Waals surface area contributed by atoms with E-state index >= 15 is 0 Å². The lowest BCUT2D eigenvalue weighted by Gasteiger charge is -2.59. The molecule has 2 unspecified atom stereocenters. The standard InChI is InChI=1S/C22H33NO.C4H6O6/c1-16(2)9-12-23-13-11-22-10-5-4-6-19(22)21(23)14-17-7-8-18(24-3)15-20(17)22;5-1(3(7)8)2(6)4(9)10/h7-8,15-16,19,21H,4-6,9-14H2,1-3H3;1-2,5-6H,(H,7,8)(H,9,10)/t19-,21+,22+;/m0./s1. The van der Waals surface area contributed by atoms with Gasteiger partial charge in [0.2, 0.25) is 0 Å². The van der Waals surface area contributed by atoms with Crippen LogP contribution < -0.4 is 4.74 Å². The number of aliphatic hydroxyl groups excluding tert-OH is 2. The number of carbonyl (C=O) groups is 2. The van der Waals surface area contributed by atoms with Gasteiger partial charge in [0.25, 0.3) is 0 Å². The largest absolute Gasteiger partial charge is 0.497 e. The molecule has 1 aliphatic heterocycles. The van der Waals surface area contributed by atoms with Crippen molar-refractivity contribution in [1.82, 2.24) is 4.90 Å². The molecule has 8 nitrogen and oxygen atoms in total. The first-order chi connectivity index (χ1) is 16.1. The number of aliphatic hydroxyl groups is 2. The molecule has 0 amide bonds. The van der Waals surface area contributed by atoms with Crippen LogP contribution in [0.1, 0.15) is 63.5 Å². The van der Waals surface area contributed by atoms with Crippen molar-refractivity contribution in [2.45, 2.75) is 82.5 Å². The normalized spacial score (nSPS) is 27.5. The topological polar surface area (TPSA) is 128 Å². The molecule has 0 aromatic heterocycles. The zero-order chi connectivity index (χ0) is 25.0. The Bertz CT molecular complexity index is 855. The molecule has 1 saturated carbocycles. The van der Waals surface area contributed by atoms with Gasteiger partial charge in [-0.1, -0.05) is 32.8 Å². The van der Waals surface area contributed by atoms with Crippen molar-refractivity contribution in [3.05, 3.63) is 29.3 Å². The van der Waals surface area contributed by atoms with Crippen molar-refractivity contribution in [3.63, 3.8) is 0 Å². The van der Waals surface area contributed by atoms with Crippen molar-refractivity contribution in [2.75, 3.05) is 20.2 Å². The first kappa shape index (κ1) is 26.4. The number of fused-ring (bicyclic) bond motifs is 1. The van der Waals surface area contributed by atoms with Gasteiger partial charge in [-0.15, -0.1) is 0 Å². The van der Waals surface area contributed by atoms with Crippen LogP contribution >= 0.6 is 0 Å². The molecule has 0 radical (unpaired) electrons. The number of piperidine rings is 1. The van der Waals surface area contributed by atoms with E-state index < -0.39 is 24.1 Å². The highest BCUT2D eigenvalue weighted by molar-refractivity contribution is 5.83. The smallest absolute Gasteiger partial charge is 0.335 e. The van der Waals surface area contributed by atoms with Crippen molar-refractivity contribution in [1.29, 1.82) is 0 Å². The fourth-order valence-corrected chi connectivity index (χ4v) is 6.16. The Hall–Kier alpha value is -2.16. The quantitative estimate of drug-likeness (QED) is 0.472. The fraction of sp³-hybridized carbons (Fsp3) is 0.692. The monoisotopic (exact) mass is 477 g/mol. The number of benzene rings is 1. The van der Waals surface area contributed by atoms with Gasteiger partial charge in [-0.05, 0) is 80.3 Å². The summed E-state index contributed by atoms with van der Waals surface area (Å²) in [7, 11) is 1.80. The molecule has 1 aromatic rings. The zero-order valence-electron chi connectivity index (χ0n) is 20.4. The van der Waals surface area contributed by atoms with Crippen molar-refractivity contribution in [3.8, 4) is 5.75 Å². The van der Waals surface area contributed by atoms with Crippen LogP contribution in [-0.4, -0.2) is 75.7 Å². The Morgan fingerprint density at radius 3 is 2.38 bits per heavy atom. The molecule has 4 rings (SSSR count). The van der Waals surface area contributed by atoms with Crippen LogP contribution in [-0.2, 0) is 21.4 Å². The number of hydrogen-bond acceptors (Lipinski definition) is 6. The van der Waals surface area contributed by atoms with E-state index in [0.29, 0.717) is 5.41 Å². The molecule has 3 aliphatic rings. The second-order valence-electron chi connectivity index (χ2n) is 10.3. The Morgan fingerprint density at radius 1 is 1.12 bits per heavy atom. The number of carboxylic acids is 2. The Morgan fingerprint density at radius 2 is 1.79 bits per heavy atom. The van der Waals surface area contributed by atoms with E-state index in [2.05, 4.69) is 36.9 Å². The highest BCUT2D eigenvalue weighted by Gasteiger charge is 2.53. The van der Waals surface area contributed by atoms with Gasteiger partial charge in [0, 0.05) is 11.5 Å². The average molecular weight is 478 g/mol. The third-order valence-electron chi connectivity index (χ3n) is 7.96. The summed E-state index contributed by atoms with van der Waals surface area (Å²) in [5, 5.41) is 32.5. The Balaban J connectivity index is 0.000000277. The minimum atomic E-state index is -2.27. The summed E-state index contributed by atoms with van der Waals surface area (Å²) in [5.41, 5.74) is 3.69. The molecule has 2 bridgehead atoms. The number of carboxylic acid groups (broad SMARTS) is 2. The highest BCUT2D eigenvalue weighted by Crippen LogP contribution is 2.56. The van der Waals surface area contributed by atoms with Crippen LogP contribution in [0.2, 0.25) is 0 Å². The molecule has 34 heavy (non-hydrogen) atoms. The maximum absolute atomic E-state index is 9.77. The summed E-state index contributed by atoms with van der Waals surface area (Å²) in [4.78, 5) is 22.4. The Labute approximate surface area is 201 Å². The van der Waals surface area contributed by atoms with Crippen molar-refractivity contribution in [2.24, 2.45) is 11.8 Å². The predicted molar refractivity (Wildman–Crippen MR) is 127 cm³/mol. The number of likely N-dealkylation sites (tertiary alicyclic amines) is 1. The lowest BCUT2D eigenvalue weighted by Crippen LogP contribution is -2.61. The SMILES string of the molecule is COc1ccc2c(c1)[C@@]13CCCC[C@H]1[C@@H](C2)N(CCC(C)C)CC3.O=C(O)C(O)C(O)C(=O)O. The number of aliphatic carboxylic acids is 2. The molecule has 190 valence electrons. The van der Waals surface area contributed by atoms with E-state index in [-0.39, 0.29) is 0 Å². The molecule has 2 aliphatic carbocycles. The van der Waals surface area contributed by atoms with Crippen molar-refractivity contribution < 1.29 is 34.8 Å². The third-order valence-corrected chi connectivity index (χ3v) is 7.96. The van der Waals surface area contributed by atoms with Crippen LogP contribution in [0.4, 0.5) is 0 Å². The number of nitrogens with zero attached hydrogens (tertiary/aromatic N) is 1. The minimum Gasteiger partial charge on any atom is -0.497 e. The summed E-state index contributed by atoms with van der Waals surface area (Å²) < 4.78 is 5.57. The van der Waals surface area contributed by atoms with Gasteiger partial charge >= 0.3 is 11.9 Å². The second kappa shape index (κ2) is 11.1. The molecule has 0 spiro atoms. The highest BCUT2D eigenvalue weighted by atomic mass is 16.5. The first-order valence-corrected chi connectivity index (χ1v) is 12.3. The lowest BCUT2D eigenvalue weighted by atomic mass is 9.52. The molecule has 1 saturated heterocycles. The van der Waals surface area contributed by atoms with E-state index in [9.17, 15) is 9.59 Å². The average Bonchev–Trinajstić information content (AvgIpc) is 2.82. The summed E-state index contributed by atoms with van der Waals surface area (Å²) >= 11 is 0. The molecule has 8 heteroatoms. The first-order valence-electron chi connectivity index (χ1n) is 12.3. The van der Waals surface area contributed by atoms with E-state index in [1.165, 1.54) is 58.0 Å². The summed E-state index contributed by atoms with van der Waals surface area (Å²) in [6, 6.07) is 7.69. The number of ether oxygens (including phenoxy) is 1. The number of methoxy groups -OCH3 is 1. The number of hydrogen-bond donors (Lipinski definition) is 4. The second-order valence-corrected chi connectivity index (χ2v) is 10.3. The molecule has 1 aromatic carbocycles. The maximum Gasteiger partial charge on any atom is 0.335 e. The minimum absolute atomic E-state index is 0.444. The molecule has 1 heterocycles. The predicted octanol–water partition coefficient (Wildman–Crippen LogP) is 2.68. The molecular formula is C26H39NO7. The van der Waals surface area contributed by atoms with Gasteiger partial charge in [0.1, 0.15) is 5.75 Å². The van der Waals surface area contributed by atoms with Crippen LogP contribution in [0, 0.1) is 11.8 Å². The van der Waals surface area contributed by atoms with E-state index in [0.717, 1.165) is 23.6 Å². The number of rotatable bonds is 7. The van der Waals surface area contributed by atoms with Gasteiger partial charge in [-0.25, -0.2) is 9.59 Å². The van der Waals surface area contributed by atoms with Crippen LogP contribution in [0.15, 0.2) is 18.2 Å². The third kappa shape index (κ3) is 5.39. The molecule has 4 N–H and O–H groups in total. The van der Waals surface area contributed by atoms with E-state index in [1.54, 1.807) is 18.2 Å². The van der Waals surface area contributed by atoms with Crippen LogP contribution in [0.25, 0.3) is 0 Å². The van der Waals surface area contributed by atoms with Crippen LogP contribution in [0.3, 0.4) is 0 Å². The van der Waals surface area contributed by atoms with Crippen LogP contribution in [0.5, 0.6) is 5.75 Å². The molecule has 5 atom stereocenters. The van der Waals surface area contributed by atoms with Gasteiger partial charge in [0.05, 0.1) is 7.11 Å². The van der Waals surface area contributed by atoms with Crippen molar-refractivity contribution >= 4 is 11.9 Å². The maximum atomic E-state index is 9.77. The molecule has 2 fully saturated rings. The summed E-state index contributed by atoms with van der Waals surface area (Å²) in [5.74, 6) is -0.812. The van der Waals surface area contributed by atoms with Gasteiger partial charge in [-0.3, -0.25) is 4.90 Å². The zero-order valence-corrected chi connectivity index (χ0v) is 20.4. The summed E-state index contributed by atoms with van der Waals surface area (Å²) in [6.07, 6.45) is 5.08. The van der Waals surface area contributed by atoms with Gasteiger partial charge in [-0.2, -0.15) is 0 Å². The lowest BCUT2D eigenvalue weighted by molar-refractivity contribution is -0.165. The van der Waals surface area contributed by atoms with E-state index in [4.69, 9.17) is 25.2 Å². The summed E-state index contributed by atoms with van der Waals surface area (Å²) in [6.45, 7) is 7.31. The van der Waals surface area contributed by atoms with E-state index in [1.807, 2.05) is 0 Å². The van der Waals surface area contributed by atoms with Gasteiger partial charge < -0.3 is 25.2 Å². The molecular weight excluding hydrogens is 438 g/mol. The Kier molecular flexibility index (Phi) is 8.60. The fourth-order valence-electron chi connectivity index (χ4n) is 6.16. The van der Waals surface area contributed by atoms with Gasteiger partial charge in [0.15, 0.2) is 12.2 Å².